The van der Waals surface area contributed by atoms with Crippen molar-refractivity contribution in [1.82, 2.24) is 25.8 Å². The van der Waals surface area contributed by atoms with Crippen molar-refractivity contribution in [3.05, 3.63) is 11.6 Å². The van der Waals surface area contributed by atoms with Crippen LogP contribution in [0.1, 0.15) is 18.6 Å². The largest absolute Gasteiger partial charge is 0.453 e. The number of halogens is 3. The molecule has 1 heterocycles. The summed E-state index contributed by atoms with van der Waals surface area (Å²) < 4.78 is 36.4. The standard InChI is InChI=1S/C8H12F3N5O2/c1-4(17)2-12-7(18)13-3-5-14-6(16-15-5)8(9,10)11/h4,17H,2-3H2,1H3,(H2,12,13,18)(H,14,15,16)/t4-/m1/s1. The molecule has 2 amide bonds. The van der Waals surface area contributed by atoms with Crippen LogP contribution in [-0.2, 0) is 12.7 Å². The van der Waals surface area contributed by atoms with Crippen LogP contribution in [0.2, 0.25) is 0 Å². The lowest BCUT2D eigenvalue weighted by Crippen LogP contribution is -2.38. The van der Waals surface area contributed by atoms with E-state index in [9.17, 15) is 18.0 Å². The molecule has 0 aromatic carbocycles. The molecule has 0 saturated carbocycles. The summed E-state index contributed by atoms with van der Waals surface area (Å²) in [4.78, 5) is 14.3. The number of H-pyrrole nitrogens is 1. The van der Waals surface area contributed by atoms with Crippen molar-refractivity contribution in [1.29, 1.82) is 0 Å². The van der Waals surface area contributed by atoms with Crippen molar-refractivity contribution >= 4 is 6.03 Å². The first-order valence-corrected chi connectivity index (χ1v) is 4.97. The molecule has 0 radical (unpaired) electrons. The van der Waals surface area contributed by atoms with Gasteiger partial charge in [-0.25, -0.2) is 9.78 Å². The van der Waals surface area contributed by atoms with E-state index in [0.717, 1.165) is 0 Å². The molecule has 1 aromatic heterocycles. The number of aromatic amines is 1. The smallest absolute Gasteiger partial charge is 0.392 e. The fraction of sp³-hybridized carbons (Fsp3) is 0.625. The van der Waals surface area contributed by atoms with Gasteiger partial charge in [0.05, 0.1) is 12.6 Å². The van der Waals surface area contributed by atoms with E-state index in [1.54, 1.807) is 0 Å². The molecule has 7 nitrogen and oxygen atoms in total. The van der Waals surface area contributed by atoms with Gasteiger partial charge < -0.3 is 15.7 Å². The first-order chi connectivity index (χ1) is 8.29. The van der Waals surface area contributed by atoms with E-state index >= 15 is 0 Å². The van der Waals surface area contributed by atoms with Gasteiger partial charge in [-0.2, -0.15) is 13.2 Å². The number of hydrogen-bond acceptors (Lipinski definition) is 4. The van der Waals surface area contributed by atoms with Crippen LogP contribution in [0.4, 0.5) is 18.0 Å². The summed E-state index contributed by atoms with van der Waals surface area (Å²) in [6.07, 6.45) is -5.33. The average Bonchev–Trinajstić information content (AvgIpc) is 2.71. The molecule has 4 N–H and O–H groups in total. The number of hydrogen-bond donors (Lipinski definition) is 4. The van der Waals surface area contributed by atoms with Crippen LogP contribution in [0.5, 0.6) is 0 Å². The zero-order chi connectivity index (χ0) is 13.8. The highest BCUT2D eigenvalue weighted by atomic mass is 19.4. The molecular formula is C8H12F3N5O2. The second-order valence-electron chi connectivity index (χ2n) is 3.52. The quantitative estimate of drug-likeness (QED) is 0.616. The lowest BCUT2D eigenvalue weighted by atomic mass is 10.4. The number of aliphatic hydroxyl groups excluding tert-OH is 1. The molecule has 0 saturated heterocycles. The van der Waals surface area contributed by atoms with Gasteiger partial charge in [0.15, 0.2) is 0 Å². The van der Waals surface area contributed by atoms with Gasteiger partial charge in [0.25, 0.3) is 5.82 Å². The number of carbonyl (C=O) groups excluding carboxylic acids is 1. The van der Waals surface area contributed by atoms with Crippen molar-refractivity contribution in [3.8, 4) is 0 Å². The predicted octanol–water partition coefficient (Wildman–Crippen LogP) is 0.00350. The first kappa shape index (κ1) is 14.2. The van der Waals surface area contributed by atoms with Crippen LogP contribution in [0.15, 0.2) is 0 Å². The van der Waals surface area contributed by atoms with Crippen LogP contribution in [0.3, 0.4) is 0 Å². The fourth-order valence-corrected chi connectivity index (χ4v) is 0.968. The van der Waals surface area contributed by atoms with E-state index in [0.29, 0.717) is 0 Å². The predicted molar refractivity (Wildman–Crippen MR) is 53.3 cm³/mol. The highest BCUT2D eigenvalue weighted by Gasteiger charge is 2.35. The third kappa shape index (κ3) is 4.57. The van der Waals surface area contributed by atoms with Crippen molar-refractivity contribution in [3.63, 3.8) is 0 Å². The summed E-state index contributed by atoms with van der Waals surface area (Å²) in [5.41, 5.74) is 0. The van der Waals surface area contributed by atoms with Crippen molar-refractivity contribution < 1.29 is 23.1 Å². The Kier molecular flexibility index (Phi) is 4.48. The summed E-state index contributed by atoms with van der Waals surface area (Å²) in [6.45, 7) is 1.29. The molecule has 0 unspecified atom stereocenters. The average molecular weight is 267 g/mol. The Hall–Kier alpha value is -1.84. The Labute approximate surface area is 99.8 Å². The minimum absolute atomic E-state index is 0.0377. The molecule has 0 spiro atoms. The molecule has 0 aliphatic rings. The Balaban J connectivity index is 2.40. The maximum atomic E-state index is 12.1. The maximum absolute atomic E-state index is 12.1. The van der Waals surface area contributed by atoms with Crippen LogP contribution >= 0.6 is 0 Å². The van der Waals surface area contributed by atoms with Gasteiger partial charge in [-0.1, -0.05) is 0 Å². The molecule has 0 aliphatic carbocycles. The number of urea groups is 1. The molecule has 1 atom stereocenters. The number of nitrogens with zero attached hydrogens (tertiary/aromatic N) is 2. The highest BCUT2D eigenvalue weighted by Crippen LogP contribution is 2.25. The van der Waals surface area contributed by atoms with Gasteiger partial charge in [-0.05, 0) is 6.92 Å². The van der Waals surface area contributed by atoms with E-state index in [1.165, 1.54) is 6.92 Å². The van der Waals surface area contributed by atoms with E-state index < -0.39 is 24.1 Å². The SMILES string of the molecule is C[C@@H](O)CNC(=O)NCc1nc(C(F)(F)F)n[nH]1. The summed E-state index contributed by atoms with van der Waals surface area (Å²) in [7, 11) is 0. The van der Waals surface area contributed by atoms with Gasteiger partial charge in [0, 0.05) is 6.54 Å². The van der Waals surface area contributed by atoms with Crippen LogP contribution < -0.4 is 10.6 Å². The zero-order valence-corrected chi connectivity index (χ0v) is 9.38. The fourth-order valence-electron chi connectivity index (χ4n) is 0.968. The molecule has 0 fully saturated rings. The van der Waals surface area contributed by atoms with Gasteiger partial charge >= 0.3 is 12.2 Å². The van der Waals surface area contributed by atoms with Gasteiger partial charge in [-0.3, -0.25) is 5.10 Å². The number of carbonyl (C=O) groups is 1. The van der Waals surface area contributed by atoms with Crippen LogP contribution in [-0.4, -0.2) is 39.0 Å². The molecule has 1 aromatic rings. The summed E-state index contributed by atoms with van der Waals surface area (Å²) >= 11 is 0. The first-order valence-electron chi connectivity index (χ1n) is 4.97. The third-order valence-corrected chi connectivity index (χ3v) is 1.76. The minimum atomic E-state index is -4.62. The molecule has 0 bridgehead atoms. The number of aromatic nitrogens is 3. The molecule has 10 heteroatoms. The zero-order valence-electron chi connectivity index (χ0n) is 9.38. The summed E-state index contributed by atoms with van der Waals surface area (Å²) in [5.74, 6) is -1.40. The molecule has 18 heavy (non-hydrogen) atoms. The topological polar surface area (TPSA) is 103 Å². The summed E-state index contributed by atoms with van der Waals surface area (Å²) in [5, 5.41) is 18.5. The molecule has 1 rings (SSSR count). The van der Waals surface area contributed by atoms with Gasteiger partial charge in [0.2, 0.25) is 0 Å². The second-order valence-corrected chi connectivity index (χ2v) is 3.52. The van der Waals surface area contributed by atoms with E-state index in [2.05, 4.69) is 25.8 Å². The maximum Gasteiger partial charge on any atom is 0.453 e. The number of alkyl halides is 3. The van der Waals surface area contributed by atoms with E-state index in [1.807, 2.05) is 0 Å². The van der Waals surface area contributed by atoms with Crippen LogP contribution in [0.25, 0.3) is 0 Å². The minimum Gasteiger partial charge on any atom is -0.392 e. The summed E-state index contributed by atoms with van der Waals surface area (Å²) in [6, 6.07) is -0.624. The van der Waals surface area contributed by atoms with E-state index in [4.69, 9.17) is 5.11 Å². The van der Waals surface area contributed by atoms with Gasteiger partial charge in [0.1, 0.15) is 5.82 Å². The lowest BCUT2D eigenvalue weighted by molar-refractivity contribution is -0.144. The number of rotatable bonds is 4. The molecular weight excluding hydrogens is 255 g/mol. The normalized spacial score (nSPS) is 13.2. The van der Waals surface area contributed by atoms with Gasteiger partial charge in [-0.15, -0.1) is 5.10 Å². The number of aliphatic hydroxyl groups is 1. The Morgan fingerprint density at radius 2 is 2.17 bits per heavy atom. The van der Waals surface area contributed by atoms with Crippen molar-refractivity contribution in [2.24, 2.45) is 0 Å². The monoisotopic (exact) mass is 267 g/mol. The van der Waals surface area contributed by atoms with E-state index in [-0.39, 0.29) is 18.9 Å². The van der Waals surface area contributed by atoms with Crippen molar-refractivity contribution in [2.45, 2.75) is 25.7 Å². The highest BCUT2D eigenvalue weighted by molar-refractivity contribution is 5.73. The van der Waals surface area contributed by atoms with Crippen molar-refractivity contribution in [2.75, 3.05) is 6.54 Å². The van der Waals surface area contributed by atoms with Crippen LogP contribution in [0, 0.1) is 0 Å². The third-order valence-electron chi connectivity index (χ3n) is 1.76. The number of nitrogens with one attached hydrogen (secondary N) is 3. The molecule has 0 aliphatic heterocycles. The number of amides is 2. The second kappa shape index (κ2) is 5.67. The lowest BCUT2D eigenvalue weighted by Gasteiger charge is -2.07. The molecule has 102 valence electrons. The Morgan fingerprint density at radius 1 is 1.50 bits per heavy atom. The Morgan fingerprint density at radius 3 is 2.67 bits per heavy atom. The Bertz CT molecular complexity index is 404.